The second kappa shape index (κ2) is 15.4. The Labute approximate surface area is 260 Å². The Bertz CT molecular complexity index is 1420. The third-order valence-corrected chi connectivity index (χ3v) is 7.92. The van der Waals surface area contributed by atoms with Crippen molar-refractivity contribution in [3.05, 3.63) is 156 Å². The van der Waals surface area contributed by atoms with Crippen molar-refractivity contribution >= 4 is 0 Å². The van der Waals surface area contributed by atoms with Crippen LogP contribution in [0.25, 0.3) is 0 Å². The lowest BCUT2D eigenvalue weighted by atomic mass is 9.90. The fraction of sp³-hybridized carbons (Fsp3) is 0.316. The van der Waals surface area contributed by atoms with Crippen LogP contribution in [-0.2, 0) is 54.8 Å². The zero-order chi connectivity index (χ0) is 29.9. The van der Waals surface area contributed by atoms with Crippen molar-refractivity contribution in [2.45, 2.75) is 63.1 Å². The predicted octanol–water partition coefficient (Wildman–Crippen LogP) is 7.03. The van der Waals surface area contributed by atoms with Gasteiger partial charge in [0.15, 0.2) is 0 Å². The van der Waals surface area contributed by atoms with Crippen molar-refractivity contribution in [2.75, 3.05) is 13.2 Å². The maximum atomic E-state index is 6.87. The zero-order valence-corrected chi connectivity index (χ0v) is 24.9. The fourth-order valence-corrected chi connectivity index (χ4v) is 5.70. The molecule has 1 spiro atoms. The van der Waals surface area contributed by atoms with E-state index in [0.29, 0.717) is 39.6 Å². The summed E-state index contributed by atoms with van der Waals surface area (Å²) in [4.78, 5) is 0. The molecule has 1 saturated heterocycles. The molecule has 0 aromatic heterocycles. The fourth-order valence-electron chi connectivity index (χ4n) is 5.70. The third-order valence-electron chi connectivity index (χ3n) is 7.92. The molecule has 0 bridgehead atoms. The smallest absolute Gasteiger partial charge is 0.218 e. The summed E-state index contributed by atoms with van der Waals surface area (Å²) in [5.74, 6) is -1.15. The van der Waals surface area contributed by atoms with Crippen LogP contribution in [0.5, 0.6) is 0 Å². The average Bonchev–Trinajstić information content (AvgIpc) is 3.09. The first-order valence-corrected chi connectivity index (χ1v) is 15.4. The molecule has 0 saturated carbocycles. The van der Waals surface area contributed by atoms with Crippen molar-refractivity contribution < 1.29 is 28.4 Å². The molecule has 6 rings (SSSR count). The van der Waals surface area contributed by atoms with Gasteiger partial charge in [-0.3, -0.25) is 0 Å². The number of benzene rings is 4. The first kappa shape index (κ1) is 30.4. The van der Waals surface area contributed by atoms with E-state index in [1.165, 1.54) is 0 Å². The molecule has 6 nitrogen and oxygen atoms in total. The van der Waals surface area contributed by atoms with E-state index in [-0.39, 0.29) is 0 Å². The van der Waals surface area contributed by atoms with Gasteiger partial charge < -0.3 is 28.4 Å². The van der Waals surface area contributed by atoms with E-state index in [0.717, 1.165) is 28.7 Å². The molecular weight excluding hydrogens is 552 g/mol. The highest BCUT2D eigenvalue weighted by Gasteiger charge is 2.57. The van der Waals surface area contributed by atoms with Crippen LogP contribution in [0.1, 0.15) is 28.7 Å². The number of ether oxygens (including phenoxy) is 6. The van der Waals surface area contributed by atoms with Gasteiger partial charge in [0.05, 0.1) is 39.6 Å². The van der Waals surface area contributed by atoms with Gasteiger partial charge in [0, 0.05) is 0 Å². The lowest BCUT2D eigenvalue weighted by molar-refractivity contribution is -0.365. The Hall–Kier alpha value is -3.62. The second-order valence-electron chi connectivity index (χ2n) is 11.2. The largest absolute Gasteiger partial charge is 0.374 e. The van der Waals surface area contributed by atoms with Crippen molar-refractivity contribution in [3.8, 4) is 0 Å². The molecule has 1 fully saturated rings. The third kappa shape index (κ3) is 7.90. The summed E-state index contributed by atoms with van der Waals surface area (Å²) >= 11 is 0. The van der Waals surface area contributed by atoms with Gasteiger partial charge in [0.2, 0.25) is 5.79 Å². The molecule has 2 heterocycles. The highest BCUT2D eigenvalue weighted by molar-refractivity contribution is 5.18. The predicted molar refractivity (Wildman–Crippen MR) is 168 cm³/mol. The van der Waals surface area contributed by atoms with E-state index in [2.05, 4.69) is 54.6 Å². The van der Waals surface area contributed by atoms with Crippen LogP contribution in [0.15, 0.2) is 133 Å². The molecule has 0 unspecified atom stereocenters. The molecule has 6 heteroatoms. The van der Waals surface area contributed by atoms with E-state index in [4.69, 9.17) is 28.4 Å². The van der Waals surface area contributed by atoms with Gasteiger partial charge in [-0.25, -0.2) is 0 Å². The van der Waals surface area contributed by atoms with Crippen molar-refractivity contribution in [3.63, 3.8) is 0 Å². The van der Waals surface area contributed by atoms with Crippen LogP contribution < -0.4 is 0 Å². The Morgan fingerprint density at radius 3 is 1.55 bits per heavy atom. The topological polar surface area (TPSA) is 55.4 Å². The van der Waals surface area contributed by atoms with Crippen LogP contribution in [0.3, 0.4) is 0 Å². The minimum atomic E-state index is -1.15. The normalized spacial score (nSPS) is 24.8. The van der Waals surface area contributed by atoms with Gasteiger partial charge in [0.1, 0.15) is 24.4 Å². The molecule has 5 atom stereocenters. The average molecular weight is 593 g/mol. The molecule has 0 aliphatic carbocycles. The maximum Gasteiger partial charge on any atom is 0.218 e. The molecule has 4 aromatic carbocycles. The number of hydrogen-bond donors (Lipinski definition) is 0. The van der Waals surface area contributed by atoms with E-state index in [1.54, 1.807) is 0 Å². The van der Waals surface area contributed by atoms with Gasteiger partial charge in [-0.15, -0.1) is 0 Å². The standard InChI is InChI=1S/C38H40O6/c1-5-15-30(16-6-1)25-39-29-34-35(40-26-31-17-7-2-8-18-31)36(41-27-32-19-9-3-10-20-32)37(38(44-34)23-13-14-24-43-38)42-28-33-21-11-4-12-22-33/h1-13,15-23,34-37H,14,24-29H2/t34-,35-,36+,37-,38+/m1/s1. The number of rotatable bonds is 13. The van der Waals surface area contributed by atoms with Gasteiger partial charge >= 0.3 is 0 Å². The first-order chi connectivity index (χ1) is 21.8. The molecule has 228 valence electrons. The van der Waals surface area contributed by atoms with E-state index in [9.17, 15) is 0 Å². The molecular formula is C38H40O6. The van der Waals surface area contributed by atoms with Crippen LogP contribution >= 0.6 is 0 Å². The number of hydrogen-bond acceptors (Lipinski definition) is 6. The van der Waals surface area contributed by atoms with Crippen LogP contribution in [0.4, 0.5) is 0 Å². The van der Waals surface area contributed by atoms with Gasteiger partial charge in [0.25, 0.3) is 0 Å². The summed E-state index contributed by atoms with van der Waals surface area (Å²) in [6, 6.07) is 40.6. The lowest BCUT2D eigenvalue weighted by Gasteiger charge is -2.52. The van der Waals surface area contributed by atoms with Gasteiger partial charge in [-0.2, -0.15) is 0 Å². The van der Waals surface area contributed by atoms with Crippen molar-refractivity contribution in [2.24, 2.45) is 0 Å². The zero-order valence-electron chi connectivity index (χ0n) is 24.9. The summed E-state index contributed by atoms with van der Waals surface area (Å²) < 4.78 is 39.8. The minimum Gasteiger partial charge on any atom is -0.374 e. The highest BCUT2D eigenvalue weighted by atomic mass is 16.7. The van der Waals surface area contributed by atoms with E-state index >= 15 is 0 Å². The van der Waals surface area contributed by atoms with Gasteiger partial charge in [-0.1, -0.05) is 127 Å². The Kier molecular flexibility index (Phi) is 10.6. The molecule has 4 aromatic rings. The monoisotopic (exact) mass is 592 g/mol. The first-order valence-electron chi connectivity index (χ1n) is 15.4. The Morgan fingerprint density at radius 1 is 0.568 bits per heavy atom. The van der Waals surface area contributed by atoms with Crippen molar-refractivity contribution in [1.29, 1.82) is 0 Å². The molecule has 2 aliphatic rings. The SMILES string of the molecule is C1=C[C@]2(OCC1)O[C@H](COCc1ccccc1)[C@@H](OCc1ccccc1)[C@H](OCc1ccccc1)[C@H]2OCc1ccccc1. The molecule has 2 aliphatic heterocycles. The van der Waals surface area contributed by atoms with E-state index < -0.39 is 30.2 Å². The van der Waals surface area contributed by atoms with Crippen LogP contribution in [0, 0.1) is 0 Å². The molecule has 0 amide bonds. The summed E-state index contributed by atoms with van der Waals surface area (Å²) in [6.07, 6.45) is 2.78. The quantitative estimate of drug-likeness (QED) is 0.155. The molecule has 44 heavy (non-hydrogen) atoms. The summed E-state index contributed by atoms with van der Waals surface area (Å²) in [5, 5.41) is 0. The molecule has 0 radical (unpaired) electrons. The summed E-state index contributed by atoms with van der Waals surface area (Å²) in [7, 11) is 0. The Morgan fingerprint density at radius 2 is 1.05 bits per heavy atom. The lowest BCUT2D eigenvalue weighted by Crippen LogP contribution is -2.67. The molecule has 0 N–H and O–H groups in total. The van der Waals surface area contributed by atoms with Crippen LogP contribution in [-0.4, -0.2) is 43.4 Å². The van der Waals surface area contributed by atoms with Gasteiger partial charge in [-0.05, 0) is 34.8 Å². The minimum absolute atomic E-state index is 0.296. The second-order valence-corrected chi connectivity index (χ2v) is 11.2. The summed E-state index contributed by atoms with van der Waals surface area (Å²) in [6.45, 7) is 2.42. The maximum absolute atomic E-state index is 6.87. The summed E-state index contributed by atoms with van der Waals surface area (Å²) in [5.41, 5.74) is 4.27. The highest BCUT2D eigenvalue weighted by Crippen LogP contribution is 2.40. The Balaban J connectivity index is 1.32. The van der Waals surface area contributed by atoms with Crippen LogP contribution in [0.2, 0.25) is 0 Å². The van der Waals surface area contributed by atoms with E-state index in [1.807, 2.05) is 78.9 Å². The van der Waals surface area contributed by atoms with Crippen molar-refractivity contribution in [1.82, 2.24) is 0 Å².